The minimum Gasteiger partial charge on any atom is -0.399 e. The molecule has 3 aromatic rings. The topological polar surface area (TPSA) is 66.4 Å². The van der Waals surface area contributed by atoms with Gasteiger partial charge >= 0.3 is 12.4 Å². The first-order valence-corrected chi connectivity index (χ1v) is 15.7. The van der Waals surface area contributed by atoms with E-state index in [2.05, 4.69) is 20.3 Å². The number of piperazine rings is 1. The van der Waals surface area contributed by atoms with Crippen molar-refractivity contribution in [1.82, 2.24) is 9.80 Å². The van der Waals surface area contributed by atoms with Crippen LogP contribution in [-0.2, 0) is 33.3 Å². The molecule has 1 heterocycles. The highest BCUT2D eigenvalue weighted by molar-refractivity contribution is 6.42. The molecule has 260 valence electrons. The Labute approximate surface area is 284 Å². The van der Waals surface area contributed by atoms with Crippen LogP contribution in [0.3, 0.4) is 0 Å². The second-order valence-electron chi connectivity index (χ2n) is 11.2. The van der Waals surface area contributed by atoms with Crippen molar-refractivity contribution in [2.75, 3.05) is 58.3 Å². The highest BCUT2D eigenvalue weighted by atomic mass is 35.5. The van der Waals surface area contributed by atoms with E-state index in [1.807, 2.05) is 30.3 Å². The number of anilines is 1. The number of nitrogens with zero attached hydrogens (tertiary/aromatic N) is 3. The Morgan fingerprint density at radius 2 is 1.50 bits per heavy atom. The lowest BCUT2D eigenvalue weighted by Gasteiger charge is -2.35. The monoisotopic (exact) mass is 718 g/mol. The fraction of sp³-hybridized carbons (Fsp3) is 0.394. The van der Waals surface area contributed by atoms with Gasteiger partial charge in [0.05, 0.1) is 46.6 Å². The predicted octanol–water partition coefficient (Wildman–Crippen LogP) is 7.98. The second-order valence-corrected chi connectivity index (χ2v) is 12.0. The van der Waals surface area contributed by atoms with E-state index >= 15 is 0 Å². The average molecular weight is 720 g/mol. The fourth-order valence-corrected chi connectivity index (χ4v) is 5.65. The molecule has 0 aromatic heterocycles. The summed E-state index contributed by atoms with van der Waals surface area (Å²) in [6.07, 6.45) is -9.45. The molecule has 48 heavy (non-hydrogen) atoms. The number of alkyl halides is 6. The van der Waals surface area contributed by atoms with E-state index in [1.54, 1.807) is 18.2 Å². The Bertz CT molecular complexity index is 1520. The summed E-state index contributed by atoms with van der Waals surface area (Å²) in [5, 5.41) is 7.64. The standard InChI is InChI=1S/C33H34Cl2F6N4O3/c1-47-43-30(21-48-20-22-15-24(32(36,37)38)18-25(16-22)33(39,40)41)27(23-7-8-28(34)29(35)17-23)9-10-44-11-13-45(14-12-44)19-31(46)42-26-5-3-2-4-6-26/h2-8,15-18,27H,9-14,19-21H2,1H3,(H,42,46)/b43-30+. The van der Waals surface area contributed by atoms with Crippen molar-refractivity contribution < 1.29 is 40.7 Å². The first-order valence-electron chi connectivity index (χ1n) is 14.9. The van der Waals surface area contributed by atoms with E-state index in [0.29, 0.717) is 67.0 Å². The van der Waals surface area contributed by atoms with Crippen LogP contribution in [-0.4, -0.2) is 74.4 Å². The van der Waals surface area contributed by atoms with Crippen LogP contribution in [0.15, 0.2) is 71.9 Å². The minimum absolute atomic E-state index is 0.0704. The number of hydrogen-bond donors (Lipinski definition) is 1. The molecule has 1 unspecified atom stereocenters. The maximum atomic E-state index is 13.3. The fourth-order valence-electron chi connectivity index (χ4n) is 5.35. The largest absolute Gasteiger partial charge is 0.416 e. The zero-order valence-electron chi connectivity index (χ0n) is 25.9. The number of ether oxygens (including phenoxy) is 1. The third-order valence-electron chi connectivity index (χ3n) is 7.75. The average Bonchev–Trinajstić information content (AvgIpc) is 3.03. The number of rotatable bonds is 13. The van der Waals surface area contributed by atoms with Crippen molar-refractivity contribution in [2.45, 2.75) is 31.3 Å². The van der Waals surface area contributed by atoms with Gasteiger partial charge in [0, 0.05) is 37.8 Å². The Morgan fingerprint density at radius 1 is 0.875 bits per heavy atom. The Kier molecular flexibility index (Phi) is 13.1. The molecule has 1 fully saturated rings. The third kappa shape index (κ3) is 11.1. The number of amides is 1. The molecule has 0 radical (unpaired) electrons. The number of para-hydroxylation sites is 1. The minimum atomic E-state index is -4.97. The zero-order chi connectivity index (χ0) is 34.9. The molecule has 7 nitrogen and oxygen atoms in total. The summed E-state index contributed by atoms with van der Waals surface area (Å²) in [5.41, 5.74) is -1.34. The van der Waals surface area contributed by atoms with E-state index in [-0.39, 0.29) is 30.7 Å². The zero-order valence-corrected chi connectivity index (χ0v) is 27.4. The van der Waals surface area contributed by atoms with Gasteiger partial charge in [0.25, 0.3) is 0 Å². The number of carbonyl (C=O) groups excluding carboxylic acids is 1. The molecule has 0 aliphatic carbocycles. The van der Waals surface area contributed by atoms with Crippen LogP contribution >= 0.6 is 23.2 Å². The Balaban J connectivity index is 1.41. The molecule has 0 spiro atoms. The van der Waals surface area contributed by atoms with Gasteiger partial charge in [-0.15, -0.1) is 0 Å². The van der Waals surface area contributed by atoms with Crippen molar-refractivity contribution in [3.63, 3.8) is 0 Å². The molecular weight excluding hydrogens is 685 g/mol. The van der Waals surface area contributed by atoms with Gasteiger partial charge in [-0.05, 0) is 66.6 Å². The number of carbonyl (C=O) groups is 1. The lowest BCUT2D eigenvalue weighted by Crippen LogP contribution is -2.49. The molecular formula is C33H34Cl2F6N4O3. The first-order chi connectivity index (χ1) is 22.7. The highest BCUT2D eigenvalue weighted by Crippen LogP contribution is 2.37. The molecule has 1 atom stereocenters. The van der Waals surface area contributed by atoms with E-state index in [9.17, 15) is 31.1 Å². The van der Waals surface area contributed by atoms with Crippen LogP contribution in [0.4, 0.5) is 32.0 Å². The smallest absolute Gasteiger partial charge is 0.399 e. The predicted molar refractivity (Wildman–Crippen MR) is 172 cm³/mol. The van der Waals surface area contributed by atoms with E-state index in [1.165, 1.54) is 7.11 Å². The van der Waals surface area contributed by atoms with Gasteiger partial charge < -0.3 is 19.8 Å². The quantitative estimate of drug-likeness (QED) is 0.110. The van der Waals surface area contributed by atoms with Crippen molar-refractivity contribution in [3.05, 3.63) is 99.0 Å². The van der Waals surface area contributed by atoms with Gasteiger partial charge in [0.2, 0.25) is 5.91 Å². The second kappa shape index (κ2) is 16.8. The SMILES string of the molecule is CO/N=C(\COCc1cc(C(F)(F)F)cc(C(F)(F)F)c1)C(CCN1CCN(CC(=O)Nc2ccccc2)CC1)c1ccc(Cl)c(Cl)c1. The normalized spacial score (nSPS) is 15.7. The third-order valence-corrected chi connectivity index (χ3v) is 8.49. The molecule has 1 aliphatic rings. The highest BCUT2D eigenvalue weighted by Gasteiger charge is 2.37. The van der Waals surface area contributed by atoms with Crippen LogP contribution in [0.25, 0.3) is 0 Å². The lowest BCUT2D eigenvalue weighted by molar-refractivity contribution is -0.143. The summed E-state index contributed by atoms with van der Waals surface area (Å²) < 4.78 is 85.7. The Morgan fingerprint density at radius 3 is 2.08 bits per heavy atom. The van der Waals surface area contributed by atoms with Crippen LogP contribution in [0.5, 0.6) is 0 Å². The molecule has 15 heteroatoms. The summed E-state index contributed by atoms with van der Waals surface area (Å²) in [6, 6.07) is 15.6. The number of nitrogens with one attached hydrogen (secondary N) is 1. The summed E-state index contributed by atoms with van der Waals surface area (Å²) in [6.45, 7) is 2.78. The van der Waals surface area contributed by atoms with Gasteiger partial charge in [-0.3, -0.25) is 9.69 Å². The molecule has 1 N–H and O–H groups in total. The molecule has 1 aliphatic heterocycles. The summed E-state index contributed by atoms with van der Waals surface area (Å²) in [5.74, 6) is -0.545. The van der Waals surface area contributed by atoms with Gasteiger partial charge in [-0.25, -0.2) is 0 Å². The molecule has 4 rings (SSSR count). The van der Waals surface area contributed by atoms with Gasteiger partial charge in [-0.1, -0.05) is 52.6 Å². The summed E-state index contributed by atoms with van der Waals surface area (Å²) in [4.78, 5) is 21.9. The van der Waals surface area contributed by atoms with E-state index < -0.39 is 36.0 Å². The summed E-state index contributed by atoms with van der Waals surface area (Å²) in [7, 11) is 1.32. The van der Waals surface area contributed by atoms with Gasteiger partial charge in [0.15, 0.2) is 0 Å². The van der Waals surface area contributed by atoms with E-state index in [0.717, 1.165) is 11.3 Å². The Hall–Kier alpha value is -3.36. The number of hydrogen-bond acceptors (Lipinski definition) is 6. The number of halogens is 8. The van der Waals surface area contributed by atoms with Gasteiger partial charge in [-0.2, -0.15) is 26.3 Å². The molecule has 0 saturated carbocycles. The molecule has 1 amide bonds. The van der Waals surface area contributed by atoms with Crippen molar-refractivity contribution in [3.8, 4) is 0 Å². The van der Waals surface area contributed by atoms with Gasteiger partial charge in [0.1, 0.15) is 7.11 Å². The van der Waals surface area contributed by atoms with Crippen LogP contribution in [0.2, 0.25) is 10.0 Å². The van der Waals surface area contributed by atoms with Crippen LogP contribution < -0.4 is 5.32 Å². The van der Waals surface area contributed by atoms with Crippen LogP contribution in [0, 0.1) is 0 Å². The first kappa shape index (κ1) is 37.5. The van der Waals surface area contributed by atoms with Crippen molar-refractivity contribution in [2.24, 2.45) is 5.16 Å². The van der Waals surface area contributed by atoms with Crippen molar-refractivity contribution >= 4 is 40.5 Å². The maximum Gasteiger partial charge on any atom is 0.416 e. The molecule has 3 aromatic carbocycles. The lowest BCUT2D eigenvalue weighted by atomic mass is 9.90. The number of oxime groups is 1. The number of benzene rings is 3. The van der Waals surface area contributed by atoms with Crippen molar-refractivity contribution in [1.29, 1.82) is 0 Å². The van der Waals surface area contributed by atoms with E-state index in [4.69, 9.17) is 32.8 Å². The summed E-state index contributed by atoms with van der Waals surface area (Å²) >= 11 is 12.5. The van der Waals surface area contributed by atoms with Crippen LogP contribution in [0.1, 0.15) is 34.6 Å². The maximum absolute atomic E-state index is 13.3. The molecule has 1 saturated heterocycles. The molecule has 0 bridgehead atoms.